The third-order valence-electron chi connectivity index (χ3n) is 2.92. The summed E-state index contributed by atoms with van der Waals surface area (Å²) in [5.74, 6) is 0. The van der Waals surface area contributed by atoms with Crippen LogP contribution in [0.4, 0.5) is 13.2 Å². The Morgan fingerprint density at radius 3 is 2.48 bits per heavy atom. The van der Waals surface area contributed by atoms with Crippen molar-refractivity contribution in [1.82, 2.24) is 4.31 Å². The van der Waals surface area contributed by atoms with E-state index in [-0.39, 0.29) is 6.42 Å². The second kappa shape index (κ2) is 6.22. The van der Waals surface area contributed by atoms with Crippen molar-refractivity contribution in [2.45, 2.75) is 30.5 Å². The highest BCUT2D eigenvalue weighted by molar-refractivity contribution is 7.89. The lowest BCUT2D eigenvalue weighted by atomic mass is 10.2. The molecule has 0 fully saturated rings. The van der Waals surface area contributed by atoms with Crippen LogP contribution in [0, 0.1) is 11.3 Å². The fourth-order valence-electron chi connectivity index (χ4n) is 1.64. The summed E-state index contributed by atoms with van der Waals surface area (Å²) >= 11 is 5.67. The van der Waals surface area contributed by atoms with Crippen LogP contribution in [0.3, 0.4) is 0 Å². The Kier molecular flexibility index (Phi) is 5.25. The van der Waals surface area contributed by atoms with Crippen molar-refractivity contribution in [3.8, 4) is 6.07 Å². The van der Waals surface area contributed by atoms with Crippen LogP contribution in [0.1, 0.15) is 18.9 Å². The molecular weight excluding hydrogens is 329 g/mol. The number of hydrogen-bond acceptors (Lipinski definition) is 3. The molecule has 0 radical (unpaired) electrons. The SMILES string of the molecule is C[C@@H](CC#N)N(C)S(=O)(=O)c1c(Cl)cccc1C(F)(F)F. The van der Waals surface area contributed by atoms with E-state index in [1.165, 1.54) is 6.92 Å². The number of halogens is 4. The summed E-state index contributed by atoms with van der Waals surface area (Å²) < 4.78 is 64.4. The lowest BCUT2D eigenvalue weighted by Crippen LogP contribution is -2.36. The molecular formula is C12H12ClF3N2O2S. The van der Waals surface area contributed by atoms with E-state index in [1.54, 1.807) is 6.07 Å². The molecule has 0 spiro atoms. The normalized spacial score (nSPS) is 14.0. The fraction of sp³-hybridized carbons (Fsp3) is 0.417. The number of alkyl halides is 3. The van der Waals surface area contributed by atoms with Gasteiger partial charge >= 0.3 is 6.18 Å². The largest absolute Gasteiger partial charge is 0.417 e. The summed E-state index contributed by atoms with van der Waals surface area (Å²) in [6.45, 7) is 1.42. The summed E-state index contributed by atoms with van der Waals surface area (Å²) in [5, 5.41) is 8.07. The van der Waals surface area contributed by atoms with Crippen LogP contribution < -0.4 is 0 Å². The van der Waals surface area contributed by atoms with Crippen LogP contribution in [0.15, 0.2) is 23.1 Å². The van der Waals surface area contributed by atoms with Gasteiger partial charge in [0.05, 0.1) is 23.1 Å². The van der Waals surface area contributed by atoms with Crippen molar-refractivity contribution in [2.24, 2.45) is 0 Å². The monoisotopic (exact) mass is 340 g/mol. The summed E-state index contributed by atoms with van der Waals surface area (Å²) in [6, 6.07) is 3.75. The second-order valence-corrected chi connectivity index (χ2v) is 6.69. The first-order valence-corrected chi connectivity index (χ1v) is 7.56. The van der Waals surface area contributed by atoms with Crippen molar-refractivity contribution >= 4 is 21.6 Å². The Labute approximate surface area is 125 Å². The lowest BCUT2D eigenvalue weighted by Gasteiger charge is -2.24. The summed E-state index contributed by atoms with van der Waals surface area (Å²) in [5.41, 5.74) is -1.33. The van der Waals surface area contributed by atoms with Gasteiger partial charge in [-0.15, -0.1) is 0 Å². The van der Waals surface area contributed by atoms with Crippen LogP contribution >= 0.6 is 11.6 Å². The Bertz CT molecular complexity index is 668. The van der Waals surface area contributed by atoms with E-state index < -0.39 is 37.7 Å². The molecule has 21 heavy (non-hydrogen) atoms. The van der Waals surface area contributed by atoms with Crippen LogP contribution in [0.2, 0.25) is 5.02 Å². The predicted molar refractivity (Wildman–Crippen MR) is 71.1 cm³/mol. The lowest BCUT2D eigenvalue weighted by molar-refractivity contribution is -0.139. The zero-order valence-electron chi connectivity index (χ0n) is 11.1. The van der Waals surface area contributed by atoms with Crippen molar-refractivity contribution < 1.29 is 21.6 Å². The van der Waals surface area contributed by atoms with E-state index in [0.717, 1.165) is 19.2 Å². The maximum atomic E-state index is 13.0. The molecule has 0 amide bonds. The smallest absolute Gasteiger partial charge is 0.207 e. The number of hydrogen-bond donors (Lipinski definition) is 0. The van der Waals surface area contributed by atoms with E-state index in [1.807, 2.05) is 0 Å². The third-order valence-corrected chi connectivity index (χ3v) is 5.42. The van der Waals surface area contributed by atoms with E-state index in [0.29, 0.717) is 10.4 Å². The quantitative estimate of drug-likeness (QED) is 0.845. The zero-order chi connectivity index (χ0) is 16.4. The Balaban J connectivity index is 3.50. The highest BCUT2D eigenvalue weighted by Crippen LogP contribution is 2.38. The molecule has 1 atom stereocenters. The first-order valence-electron chi connectivity index (χ1n) is 5.74. The van der Waals surface area contributed by atoms with Crippen molar-refractivity contribution in [3.63, 3.8) is 0 Å². The Hall–Kier alpha value is -1.30. The summed E-state index contributed by atoms with van der Waals surface area (Å²) in [6.07, 6.45) is -5.01. The van der Waals surface area contributed by atoms with Crippen LogP contribution in [0.5, 0.6) is 0 Å². The molecule has 0 N–H and O–H groups in total. The van der Waals surface area contributed by atoms with Crippen molar-refractivity contribution in [1.29, 1.82) is 5.26 Å². The summed E-state index contributed by atoms with van der Waals surface area (Å²) in [4.78, 5) is -0.994. The fourth-order valence-corrected chi connectivity index (χ4v) is 3.72. The van der Waals surface area contributed by atoms with Gasteiger partial charge in [0.2, 0.25) is 10.0 Å². The van der Waals surface area contributed by atoms with Gasteiger partial charge in [-0.2, -0.15) is 22.7 Å². The number of sulfonamides is 1. The van der Waals surface area contributed by atoms with Gasteiger partial charge in [-0.1, -0.05) is 17.7 Å². The molecule has 4 nitrogen and oxygen atoms in total. The molecule has 9 heteroatoms. The van der Waals surface area contributed by atoms with Crippen LogP contribution in [-0.4, -0.2) is 25.8 Å². The molecule has 0 aromatic heterocycles. The number of nitrogens with zero attached hydrogens (tertiary/aromatic N) is 2. The van der Waals surface area contributed by atoms with E-state index in [9.17, 15) is 21.6 Å². The maximum absolute atomic E-state index is 13.0. The molecule has 0 heterocycles. The number of rotatable bonds is 4. The summed E-state index contributed by atoms with van der Waals surface area (Å²) in [7, 11) is -3.36. The average molecular weight is 341 g/mol. The van der Waals surface area contributed by atoms with Gasteiger partial charge in [0.1, 0.15) is 4.90 Å². The molecule has 0 aliphatic carbocycles. The molecule has 0 saturated heterocycles. The molecule has 0 aliphatic heterocycles. The van der Waals surface area contributed by atoms with Gasteiger partial charge < -0.3 is 0 Å². The molecule has 116 valence electrons. The maximum Gasteiger partial charge on any atom is 0.417 e. The van der Waals surface area contributed by atoms with E-state index in [2.05, 4.69) is 0 Å². The van der Waals surface area contributed by atoms with Gasteiger partial charge in [0.15, 0.2) is 0 Å². The molecule has 1 aromatic rings. The zero-order valence-corrected chi connectivity index (χ0v) is 12.7. The molecule has 0 unspecified atom stereocenters. The molecule has 0 bridgehead atoms. The van der Waals surface area contributed by atoms with Gasteiger partial charge in [-0.3, -0.25) is 0 Å². The topological polar surface area (TPSA) is 61.2 Å². The second-order valence-electron chi connectivity index (χ2n) is 4.35. The van der Waals surface area contributed by atoms with Crippen molar-refractivity contribution in [3.05, 3.63) is 28.8 Å². The Morgan fingerprint density at radius 1 is 1.43 bits per heavy atom. The minimum absolute atomic E-state index is 0.151. The first kappa shape index (κ1) is 17.8. The van der Waals surface area contributed by atoms with Gasteiger partial charge in [-0.25, -0.2) is 8.42 Å². The van der Waals surface area contributed by atoms with E-state index >= 15 is 0 Å². The molecule has 1 rings (SSSR count). The standard InChI is InChI=1S/C12H12ClF3N2O2S/c1-8(6-7-17)18(2)21(19,20)11-9(12(14,15)16)4-3-5-10(11)13/h3-5,8H,6H2,1-2H3/t8-/m0/s1. The van der Waals surface area contributed by atoms with Gasteiger partial charge in [0, 0.05) is 13.1 Å². The van der Waals surface area contributed by atoms with Crippen LogP contribution in [0.25, 0.3) is 0 Å². The highest BCUT2D eigenvalue weighted by Gasteiger charge is 2.40. The van der Waals surface area contributed by atoms with E-state index in [4.69, 9.17) is 16.9 Å². The van der Waals surface area contributed by atoms with Gasteiger partial charge in [-0.05, 0) is 19.1 Å². The molecule has 0 saturated carbocycles. The first-order chi connectivity index (χ1) is 9.53. The van der Waals surface area contributed by atoms with Crippen LogP contribution in [-0.2, 0) is 16.2 Å². The average Bonchev–Trinajstić information content (AvgIpc) is 2.36. The minimum Gasteiger partial charge on any atom is -0.207 e. The predicted octanol–water partition coefficient (Wildman–Crippen LogP) is 3.28. The minimum atomic E-state index is -4.85. The Morgan fingerprint density at radius 2 is 2.00 bits per heavy atom. The highest BCUT2D eigenvalue weighted by atomic mass is 35.5. The van der Waals surface area contributed by atoms with Crippen molar-refractivity contribution in [2.75, 3.05) is 7.05 Å². The number of benzene rings is 1. The molecule has 0 aliphatic rings. The van der Waals surface area contributed by atoms with Gasteiger partial charge in [0.25, 0.3) is 0 Å². The molecule has 1 aromatic carbocycles. The third kappa shape index (κ3) is 3.67. The number of nitriles is 1.